The second-order valence-corrected chi connectivity index (χ2v) is 12.3. The first-order chi connectivity index (χ1) is 21.2. The number of likely N-dealkylation sites (tertiary alicyclic amines) is 1. The minimum atomic E-state index is -5.08. The molecule has 4 atom stereocenters. The fraction of sp³-hybridized carbons (Fsp3) is 0.429. The van der Waals surface area contributed by atoms with E-state index in [1.807, 2.05) is 0 Å². The smallest absolute Gasteiger partial charge is 0.475 e. The van der Waals surface area contributed by atoms with E-state index in [2.05, 4.69) is 5.32 Å². The first-order valence-corrected chi connectivity index (χ1v) is 14.8. The highest BCUT2D eigenvalue weighted by molar-refractivity contribution is 7.89. The van der Waals surface area contributed by atoms with Crippen LogP contribution in [0.3, 0.4) is 0 Å². The molecule has 0 spiro atoms. The Morgan fingerprint density at radius 3 is 2.00 bits per heavy atom. The number of carboxylic acid groups (broad SMARTS) is 1. The summed E-state index contributed by atoms with van der Waals surface area (Å²) in [7, 11) is -1.83. The zero-order valence-electron chi connectivity index (χ0n) is 24.4. The molecule has 2 saturated heterocycles. The van der Waals surface area contributed by atoms with Crippen molar-refractivity contribution in [3.63, 3.8) is 0 Å². The fourth-order valence-electron chi connectivity index (χ4n) is 5.53. The molecular weight excluding hydrogens is 652 g/mol. The largest absolute Gasteiger partial charge is 0.490 e. The molecule has 11 nitrogen and oxygen atoms in total. The third-order valence-electron chi connectivity index (χ3n) is 7.67. The molecule has 2 heterocycles. The monoisotopic (exact) mass is 681 g/mol. The molecule has 18 heteroatoms. The molecule has 252 valence electrons. The van der Waals surface area contributed by atoms with Crippen molar-refractivity contribution in [3.8, 4) is 0 Å². The SMILES string of the molecule is CCN(C[C@H]1N[C@@](Cc2ccccc2)(C(=O)OC)[C@H]2C(=O)N(C)C(=O)[C@@H]12)S(=O)(=O)c1ccc(C(F)(F)F)cc1.O=C(O)C(F)(F)F. The summed E-state index contributed by atoms with van der Waals surface area (Å²) < 4.78 is 104. The number of ether oxygens (including phenoxy) is 1. The Hall–Kier alpha value is -4.03. The Balaban J connectivity index is 0.000000738. The summed E-state index contributed by atoms with van der Waals surface area (Å²) in [6, 6.07) is 11.0. The number of hydrogen-bond acceptors (Lipinski definition) is 8. The number of nitrogens with zero attached hydrogens (tertiary/aromatic N) is 2. The van der Waals surface area contributed by atoms with Gasteiger partial charge in [-0.25, -0.2) is 13.2 Å². The van der Waals surface area contributed by atoms with Crippen LogP contribution >= 0.6 is 0 Å². The van der Waals surface area contributed by atoms with E-state index in [1.165, 1.54) is 7.05 Å². The predicted molar refractivity (Wildman–Crippen MR) is 146 cm³/mol. The Morgan fingerprint density at radius 2 is 1.54 bits per heavy atom. The molecule has 46 heavy (non-hydrogen) atoms. The van der Waals surface area contributed by atoms with E-state index < -0.39 is 75.1 Å². The minimum Gasteiger partial charge on any atom is -0.475 e. The quantitative estimate of drug-likeness (QED) is 0.244. The molecule has 2 fully saturated rings. The maximum atomic E-state index is 13.4. The van der Waals surface area contributed by atoms with Gasteiger partial charge in [-0.15, -0.1) is 0 Å². The highest BCUT2D eigenvalue weighted by Gasteiger charge is 2.68. The lowest BCUT2D eigenvalue weighted by Gasteiger charge is -2.33. The number of alkyl halides is 6. The van der Waals surface area contributed by atoms with Crippen molar-refractivity contribution >= 4 is 33.8 Å². The average molecular weight is 682 g/mol. The van der Waals surface area contributed by atoms with Crippen molar-refractivity contribution in [1.29, 1.82) is 0 Å². The fourth-order valence-corrected chi connectivity index (χ4v) is 7.00. The number of sulfonamides is 1. The van der Waals surface area contributed by atoms with Crippen LogP contribution in [0.15, 0.2) is 59.5 Å². The first-order valence-electron chi connectivity index (χ1n) is 13.4. The van der Waals surface area contributed by atoms with Gasteiger partial charge in [0.25, 0.3) is 0 Å². The Labute approximate surface area is 259 Å². The van der Waals surface area contributed by atoms with Gasteiger partial charge in [0.15, 0.2) is 0 Å². The van der Waals surface area contributed by atoms with Gasteiger partial charge in [-0.3, -0.25) is 24.6 Å². The number of amides is 2. The van der Waals surface area contributed by atoms with Crippen molar-refractivity contribution in [2.24, 2.45) is 11.8 Å². The number of carbonyl (C=O) groups excluding carboxylic acids is 3. The molecule has 4 rings (SSSR count). The third kappa shape index (κ3) is 7.18. The number of nitrogens with one attached hydrogen (secondary N) is 1. The summed E-state index contributed by atoms with van der Waals surface area (Å²) in [4.78, 5) is 49.3. The molecule has 2 N–H and O–H groups in total. The molecule has 2 amide bonds. The van der Waals surface area contributed by atoms with Gasteiger partial charge in [-0.1, -0.05) is 37.3 Å². The van der Waals surface area contributed by atoms with E-state index in [1.54, 1.807) is 37.3 Å². The van der Waals surface area contributed by atoms with Crippen LogP contribution in [0.25, 0.3) is 0 Å². The molecule has 0 aromatic heterocycles. The second-order valence-electron chi connectivity index (χ2n) is 10.4. The maximum Gasteiger partial charge on any atom is 0.490 e. The summed E-state index contributed by atoms with van der Waals surface area (Å²) in [6.07, 6.45) is -9.71. The van der Waals surface area contributed by atoms with Gasteiger partial charge < -0.3 is 9.84 Å². The van der Waals surface area contributed by atoms with Crippen molar-refractivity contribution in [1.82, 2.24) is 14.5 Å². The number of carbonyl (C=O) groups is 4. The molecule has 2 aromatic rings. The lowest BCUT2D eigenvalue weighted by molar-refractivity contribution is -0.192. The van der Waals surface area contributed by atoms with E-state index in [9.17, 15) is 49.1 Å². The van der Waals surface area contributed by atoms with Crippen LogP contribution < -0.4 is 5.32 Å². The Morgan fingerprint density at radius 1 is 1.00 bits per heavy atom. The summed E-state index contributed by atoms with van der Waals surface area (Å²) in [5.41, 5.74) is -1.96. The summed E-state index contributed by atoms with van der Waals surface area (Å²) in [6.45, 7) is 1.14. The van der Waals surface area contributed by atoms with Crippen molar-refractivity contribution < 1.29 is 63.8 Å². The van der Waals surface area contributed by atoms with E-state index >= 15 is 0 Å². The van der Waals surface area contributed by atoms with Gasteiger partial charge in [0.2, 0.25) is 21.8 Å². The third-order valence-corrected chi connectivity index (χ3v) is 9.62. The average Bonchev–Trinajstić information content (AvgIpc) is 3.43. The summed E-state index contributed by atoms with van der Waals surface area (Å²) in [5.74, 6) is -6.90. The van der Waals surface area contributed by atoms with Gasteiger partial charge in [0, 0.05) is 32.6 Å². The Kier molecular flexibility index (Phi) is 10.6. The van der Waals surface area contributed by atoms with E-state index in [0.29, 0.717) is 17.7 Å². The normalized spacial score (nSPS) is 23.2. The maximum absolute atomic E-state index is 13.4. The van der Waals surface area contributed by atoms with Gasteiger partial charge in [0.05, 0.1) is 29.4 Å². The number of carboxylic acids is 1. The molecule has 2 aromatic carbocycles. The number of methoxy groups -OCH3 is 1. The predicted octanol–water partition coefficient (Wildman–Crippen LogP) is 2.71. The molecule has 0 saturated carbocycles. The van der Waals surface area contributed by atoms with Gasteiger partial charge in [-0.05, 0) is 29.8 Å². The van der Waals surface area contributed by atoms with E-state index in [0.717, 1.165) is 28.4 Å². The number of esters is 1. The van der Waals surface area contributed by atoms with Gasteiger partial charge in [0.1, 0.15) is 5.54 Å². The highest BCUT2D eigenvalue weighted by Crippen LogP contribution is 2.45. The molecule has 0 radical (unpaired) electrons. The highest BCUT2D eigenvalue weighted by atomic mass is 32.2. The van der Waals surface area contributed by atoms with E-state index in [-0.39, 0.29) is 24.4 Å². The van der Waals surface area contributed by atoms with E-state index in [4.69, 9.17) is 14.6 Å². The number of hydrogen-bond donors (Lipinski definition) is 2. The van der Waals surface area contributed by atoms with Gasteiger partial charge in [-0.2, -0.15) is 30.6 Å². The van der Waals surface area contributed by atoms with Gasteiger partial charge >= 0.3 is 24.3 Å². The zero-order valence-corrected chi connectivity index (χ0v) is 25.2. The molecule has 0 bridgehead atoms. The molecular formula is C28H29F6N3O8S. The van der Waals surface area contributed by atoms with Crippen LogP contribution in [0.2, 0.25) is 0 Å². The number of likely N-dealkylation sites (N-methyl/N-ethyl adjacent to an activating group) is 1. The number of aliphatic carboxylic acids is 1. The number of fused-ring (bicyclic) bond motifs is 1. The summed E-state index contributed by atoms with van der Waals surface area (Å²) in [5, 5.41) is 10.2. The van der Waals surface area contributed by atoms with Crippen LogP contribution in [0, 0.1) is 11.8 Å². The number of benzene rings is 2. The van der Waals surface area contributed by atoms with Crippen molar-refractivity contribution in [2.45, 2.75) is 42.2 Å². The van der Waals surface area contributed by atoms with Crippen LogP contribution in [-0.4, -0.2) is 91.5 Å². The number of rotatable bonds is 8. The minimum absolute atomic E-state index is 0.00280. The molecule has 2 aliphatic rings. The van der Waals surface area contributed by atoms with Crippen molar-refractivity contribution in [3.05, 3.63) is 65.7 Å². The summed E-state index contributed by atoms with van der Waals surface area (Å²) >= 11 is 0. The molecule has 2 aliphatic heterocycles. The Bertz CT molecular complexity index is 1570. The topological polar surface area (TPSA) is 150 Å². The number of imide groups is 1. The first kappa shape index (κ1) is 36.4. The zero-order chi connectivity index (χ0) is 34.8. The van der Waals surface area contributed by atoms with Crippen LogP contribution in [0.4, 0.5) is 26.3 Å². The van der Waals surface area contributed by atoms with Crippen LogP contribution in [0.1, 0.15) is 18.1 Å². The van der Waals surface area contributed by atoms with Crippen LogP contribution in [0.5, 0.6) is 0 Å². The van der Waals surface area contributed by atoms with Crippen LogP contribution in [-0.2, 0) is 46.5 Å². The van der Waals surface area contributed by atoms with Crippen molar-refractivity contribution in [2.75, 3.05) is 27.2 Å². The number of halogens is 6. The standard InChI is InChI=1S/C26H28F3N3O6S.C2HF3O2/c1-4-32(39(36,37)18-12-10-17(11-13-18)26(27,28)29)15-19-20-21(23(34)31(2)22(20)33)25(30-19,24(35)38-3)14-16-8-6-5-7-9-16;3-2(4,5)1(6)7/h5-13,19-21,30H,4,14-15H2,1-3H3;(H,6,7)/t19-,20+,21-,25-;/m1./s1. The second kappa shape index (κ2) is 13.4. The lowest BCUT2D eigenvalue weighted by Crippen LogP contribution is -2.59. The lowest BCUT2D eigenvalue weighted by atomic mass is 9.76. The molecule has 0 aliphatic carbocycles. The molecule has 0 unspecified atom stereocenters.